The van der Waals surface area contributed by atoms with Crippen molar-refractivity contribution in [2.45, 2.75) is 39.7 Å². The molecule has 7 nitrogen and oxygen atoms in total. The molecule has 7 heteroatoms. The second-order valence-electron chi connectivity index (χ2n) is 6.76. The number of aromatic nitrogens is 5. The molecule has 1 saturated heterocycles. The molecule has 3 aromatic heterocycles. The van der Waals surface area contributed by atoms with Crippen molar-refractivity contribution in [3.63, 3.8) is 0 Å². The summed E-state index contributed by atoms with van der Waals surface area (Å²) in [5, 5.41) is 8.80. The van der Waals surface area contributed by atoms with Crippen LogP contribution in [-0.4, -0.2) is 41.7 Å². The number of amides is 1. The van der Waals surface area contributed by atoms with Crippen LogP contribution in [0.2, 0.25) is 0 Å². The molecule has 1 atom stereocenters. The summed E-state index contributed by atoms with van der Waals surface area (Å²) in [6, 6.07) is 1.95. The number of hydrogen-bond acceptors (Lipinski definition) is 4. The van der Waals surface area contributed by atoms with Gasteiger partial charge in [0.1, 0.15) is 5.56 Å². The van der Waals surface area contributed by atoms with Crippen LogP contribution in [0.1, 0.15) is 51.9 Å². The van der Waals surface area contributed by atoms with E-state index in [0.29, 0.717) is 11.2 Å². The van der Waals surface area contributed by atoms with Crippen molar-refractivity contribution in [2.24, 2.45) is 7.05 Å². The van der Waals surface area contributed by atoms with Crippen LogP contribution in [0.5, 0.6) is 0 Å². The van der Waals surface area contributed by atoms with Gasteiger partial charge in [-0.15, -0.1) is 0 Å². The number of carbonyl (C=O) groups is 1. The SMILES string of the molecule is Cc1ccn2ncc(C(=O)N3CCC[C@@H]3c3c(C)nn(C)c3C)c2n1. The molecule has 3 aromatic rings. The van der Waals surface area contributed by atoms with Crippen molar-refractivity contribution in [1.82, 2.24) is 29.3 Å². The van der Waals surface area contributed by atoms with Crippen LogP contribution in [0, 0.1) is 20.8 Å². The first kappa shape index (κ1) is 15.8. The average molecular weight is 338 g/mol. The van der Waals surface area contributed by atoms with Gasteiger partial charge in [0.15, 0.2) is 5.65 Å². The lowest BCUT2D eigenvalue weighted by Crippen LogP contribution is -2.31. The molecule has 130 valence electrons. The lowest BCUT2D eigenvalue weighted by atomic mass is 10.0. The highest BCUT2D eigenvalue weighted by Crippen LogP contribution is 2.36. The molecule has 1 fully saturated rings. The molecule has 0 saturated carbocycles. The fraction of sp³-hybridized carbons (Fsp3) is 0.444. The van der Waals surface area contributed by atoms with Crippen LogP contribution in [-0.2, 0) is 7.05 Å². The Balaban J connectivity index is 1.74. The summed E-state index contributed by atoms with van der Waals surface area (Å²) in [6.07, 6.45) is 5.42. The average Bonchev–Trinajstić information content (AvgIpc) is 3.25. The van der Waals surface area contributed by atoms with Crippen LogP contribution >= 0.6 is 0 Å². The Kier molecular flexibility index (Phi) is 3.59. The van der Waals surface area contributed by atoms with E-state index in [-0.39, 0.29) is 11.9 Å². The highest BCUT2D eigenvalue weighted by Gasteiger charge is 2.35. The van der Waals surface area contributed by atoms with Crippen LogP contribution in [0.3, 0.4) is 0 Å². The molecular weight excluding hydrogens is 316 g/mol. The normalized spacial score (nSPS) is 17.6. The van der Waals surface area contributed by atoms with E-state index < -0.39 is 0 Å². The molecule has 0 bridgehead atoms. The molecule has 0 aliphatic carbocycles. The van der Waals surface area contributed by atoms with Gasteiger partial charge in [-0.3, -0.25) is 9.48 Å². The largest absolute Gasteiger partial charge is 0.331 e. The highest BCUT2D eigenvalue weighted by atomic mass is 16.2. The molecule has 0 N–H and O–H groups in total. The Hall–Kier alpha value is -2.70. The van der Waals surface area contributed by atoms with E-state index in [1.54, 1.807) is 10.7 Å². The predicted molar refractivity (Wildman–Crippen MR) is 93.4 cm³/mol. The van der Waals surface area contributed by atoms with Gasteiger partial charge in [0.05, 0.1) is 17.9 Å². The summed E-state index contributed by atoms with van der Waals surface area (Å²) in [6.45, 7) is 6.75. The van der Waals surface area contributed by atoms with E-state index >= 15 is 0 Å². The van der Waals surface area contributed by atoms with Crippen LogP contribution < -0.4 is 0 Å². The molecule has 4 rings (SSSR count). The first-order valence-electron chi connectivity index (χ1n) is 8.59. The number of rotatable bonds is 2. The van der Waals surface area contributed by atoms with E-state index in [1.807, 2.05) is 42.7 Å². The van der Waals surface area contributed by atoms with Gasteiger partial charge in [0.2, 0.25) is 0 Å². The molecule has 0 unspecified atom stereocenters. The van der Waals surface area contributed by atoms with Gasteiger partial charge in [0, 0.05) is 36.7 Å². The second-order valence-corrected chi connectivity index (χ2v) is 6.76. The maximum absolute atomic E-state index is 13.3. The van der Waals surface area contributed by atoms with Gasteiger partial charge in [-0.05, 0) is 39.7 Å². The van der Waals surface area contributed by atoms with Gasteiger partial charge < -0.3 is 4.90 Å². The first-order valence-corrected chi connectivity index (χ1v) is 8.59. The van der Waals surface area contributed by atoms with Gasteiger partial charge in [0.25, 0.3) is 5.91 Å². The number of nitrogens with zero attached hydrogens (tertiary/aromatic N) is 6. The summed E-state index contributed by atoms with van der Waals surface area (Å²) < 4.78 is 3.55. The van der Waals surface area contributed by atoms with Gasteiger partial charge in [-0.2, -0.15) is 10.2 Å². The molecule has 1 amide bonds. The summed E-state index contributed by atoms with van der Waals surface area (Å²) in [4.78, 5) is 19.7. The molecule has 1 aliphatic heterocycles. The topological polar surface area (TPSA) is 68.3 Å². The van der Waals surface area contributed by atoms with E-state index in [9.17, 15) is 4.79 Å². The van der Waals surface area contributed by atoms with E-state index in [2.05, 4.69) is 22.1 Å². The third-order valence-electron chi connectivity index (χ3n) is 5.15. The maximum Gasteiger partial charge on any atom is 0.259 e. The lowest BCUT2D eigenvalue weighted by Gasteiger charge is -2.25. The fourth-order valence-electron chi connectivity index (χ4n) is 3.85. The Bertz CT molecular complexity index is 970. The third-order valence-corrected chi connectivity index (χ3v) is 5.15. The van der Waals surface area contributed by atoms with E-state index in [4.69, 9.17) is 0 Å². The molecule has 25 heavy (non-hydrogen) atoms. The lowest BCUT2D eigenvalue weighted by molar-refractivity contribution is 0.0736. The number of hydrogen-bond donors (Lipinski definition) is 0. The third kappa shape index (κ3) is 2.42. The highest BCUT2D eigenvalue weighted by molar-refractivity contribution is 6.00. The van der Waals surface area contributed by atoms with Crippen LogP contribution in [0.4, 0.5) is 0 Å². The quantitative estimate of drug-likeness (QED) is 0.719. The molecular formula is C18H22N6O. The van der Waals surface area contributed by atoms with Crippen molar-refractivity contribution >= 4 is 11.6 Å². The zero-order valence-electron chi connectivity index (χ0n) is 15.0. The molecule has 0 spiro atoms. The predicted octanol–water partition coefficient (Wildman–Crippen LogP) is 2.37. The first-order chi connectivity index (χ1) is 12.0. The van der Waals surface area contributed by atoms with Gasteiger partial charge >= 0.3 is 0 Å². The Labute approximate surface area is 146 Å². The van der Waals surface area contributed by atoms with Crippen LogP contribution in [0.15, 0.2) is 18.5 Å². The monoisotopic (exact) mass is 338 g/mol. The summed E-state index contributed by atoms with van der Waals surface area (Å²) in [7, 11) is 1.95. The molecule has 4 heterocycles. The Morgan fingerprint density at radius 3 is 2.80 bits per heavy atom. The summed E-state index contributed by atoms with van der Waals surface area (Å²) in [5.41, 5.74) is 5.35. The number of aryl methyl sites for hydroxylation is 3. The summed E-state index contributed by atoms with van der Waals surface area (Å²) >= 11 is 0. The molecule has 1 aliphatic rings. The second kappa shape index (κ2) is 5.68. The van der Waals surface area contributed by atoms with Crippen molar-refractivity contribution < 1.29 is 4.79 Å². The molecule has 0 aromatic carbocycles. The number of fused-ring (bicyclic) bond motifs is 1. The fourth-order valence-corrected chi connectivity index (χ4v) is 3.85. The smallest absolute Gasteiger partial charge is 0.259 e. The minimum Gasteiger partial charge on any atom is -0.331 e. The van der Waals surface area contributed by atoms with Crippen molar-refractivity contribution in [2.75, 3.05) is 6.54 Å². The zero-order chi connectivity index (χ0) is 17.7. The summed E-state index contributed by atoms with van der Waals surface area (Å²) in [5.74, 6) is -0.00162. The van der Waals surface area contributed by atoms with Crippen molar-refractivity contribution in [3.8, 4) is 0 Å². The standard InChI is InChI=1S/C18H22N6O/c1-11-7-9-24-17(20-11)14(10-19-24)18(25)23-8-5-6-15(23)16-12(2)21-22(4)13(16)3/h7,9-10,15H,5-6,8H2,1-4H3/t15-/m1/s1. The maximum atomic E-state index is 13.3. The minimum atomic E-state index is -0.00162. The zero-order valence-corrected chi connectivity index (χ0v) is 15.0. The van der Waals surface area contributed by atoms with E-state index in [1.165, 1.54) is 5.56 Å². The van der Waals surface area contributed by atoms with Crippen molar-refractivity contribution in [1.29, 1.82) is 0 Å². The van der Waals surface area contributed by atoms with Gasteiger partial charge in [-0.1, -0.05) is 0 Å². The van der Waals surface area contributed by atoms with E-state index in [0.717, 1.165) is 36.5 Å². The molecule has 0 radical (unpaired) electrons. The Morgan fingerprint density at radius 1 is 1.28 bits per heavy atom. The number of carbonyl (C=O) groups excluding carboxylic acids is 1. The van der Waals surface area contributed by atoms with Crippen molar-refractivity contribution in [3.05, 3.63) is 46.7 Å². The van der Waals surface area contributed by atoms with Crippen LogP contribution in [0.25, 0.3) is 5.65 Å². The number of likely N-dealkylation sites (tertiary alicyclic amines) is 1. The van der Waals surface area contributed by atoms with Gasteiger partial charge in [-0.25, -0.2) is 9.50 Å². The minimum absolute atomic E-state index is 0.00162. The Morgan fingerprint density at radius 2 is 2.08 bits per heavy atom.